The van der Waals surface area contributed by atoms with Crippen molar-refractivity contribution in [3.63, 3.8) is 0 Å². The highest BCUT2D eigenvalue weighted by Crippen LogP contribution is 2.24. The van der Waals surface area contributed by atoms with Crippen LogP contribution in [-0.2, 0) is 6.54 Å². The van der Waals surface area contributed by atoms with Crippen molar-refractivity contribution in [1.82, 2.24) is 10.2 Å². The van der Waals surface area contributed by atoms with Gasteiger partial charge in [-0.1, -0.05) is 18.2 Å². The molecule has 0 unspecified atom stereocenters. The number of amides is 1. The van der Waals surface area contributed by atoms with E-state index in [1.165, 1.54) is 0 Å². The molecule has 1 saturated heterocycles. The molecule has 1 fully saturated rings. The molecule has 0 saturated carbocycles. The van der Waals surface area contributed by atoms with E-state index in [1.807, 2.05) is 18.2 Å². The van der Waals surface area contributed by atoms with Gasteiger partial charge in [-0.2, -0.15) is 0 Å². The fraction of sp³-hybridized carbons (Fsp3) is 0.588. The quantitative estimate of drug-likeness (QED) is 0.878. The second kappa shape index (κ2) is 7.49. The number of rotatable bonds is 5. The fourth-order valence-corrected chi connectivity index (χ4v) is 2.92. The van der Waals surface area contributed by atoms with E-state index in [9.17, 15) is 9.90 Å². The van der Waals surface area contributed by atoms with Crippen LogP contribution in [0.3, 0.4) is 0 Å². The van der Waals surface area contributed by atoms with Gasteiger partial charge in [0.05, 0.1) is 6.54 Å². The minimum Gasteiger partial charge on any atom is -0.465 e. The van der Waals surface area contributed by atoms with E-state index in [2.05, 4.69) is 37.2 Å². The van der Waals surface area contributed by atoms with Gasteiger partial charge in [-0.3, -0.25) is 0 Å². The van der Waals surface area contributed by atoms with Gasteiger partial charge < -0.3 is 20.2 Å². The molecule has 5 heteroatoms. The monoisotopic (exact) mass is 305 g/mol. The lowest BCUT2D eigenvalue weighted by molar-refractivity contribution is 0.109. The number of anilines is 1. The number of piperidine rings is 1. The Labute approximate surface area is 132 Å². The van der Waals surface area contributed by atoms with E-state index in [0.717, 1.165) is 37.2 Å². The van der Waals surface area contributed by atoms with Gasteiger partial charge in [-0.25, -0.2) is 4.79 Å². The van der Waals surface area contributed by atoms with E-state index in [0.29, 0.717) is 12.6 Å². The number of hydrogen-bond donors (Lipinski definition) is 2. The second-order valence-corrected chi connectivity index (χ2v) is 6.23. The summed E-state index contributed by atoms with van der Waals surface area (Å²) in [5.41, 5.74) is 2.18. The Kier molecular flexibility index (Phi) is 5.66. The Bertz CT molecular complexity index is 498. The molecular formula is C17H27N3O2. The van der Waals surface area contributed by atoms with Crippen LogP contribution in [0.25, 0.3) is 0 Å². The molecule has 2 rings (SSSR count). The van der Waals surface area contributed by atoms with Crippen molar-refractivity contribution < 1.29 is 9.90 Å². The van der Waals surface area contributed by atoms with E-state index >= 15 is 0 Å². The maximum absolute atomic E-state index is 11.7. The lowest BCUT2D eigenvalue weighted by Gasteiger charge is -2.34. The summed E-state index contributed by atoms with van der Waals surface area (Å²) in [6.07, 6.45) is 0.942. The minimum absolute atomic E-state index is 0.108. The van der Waals surface area contributed by atoms with Gasteiger partial charge in [0, 0.05) is 24.8 Å². The molecule has 1 heterocycles. The van der Waals surface area contributed by atoms with Crippen LogP contribution < -0.4 is 10.2 Å². The molecule has 5 nitrogen and oxygen atoms in total. The molecule has 0 spiro atoms. The zero-order chi connectivity index (χ0) is 16.1. The normalized spacial score (nSPS) is 15.8. The van der Waals surface area contributed by atoms with Crippen LogP contribution in [0.4, 0.5) is 10.5 Å². The van der Waals surface area contributed by atoms with Crippen molar-refractivity contribution in [1.29, 1.82) is 0 Å². The summed E-state index contributed by atoms with van der Waals surface area (Å²) < 4.78 is 0. The Balaban J connectivity index is 2.21. The molecule has 0 aromatic heterocycles. The first kappa shape index (κ1) is 16.6. The molecule has 1 amide bonds. The standard InChI is InChI=1S/C17H27N3O2/c1-13(2)19(3)16-7-5-4-6-14(16)12-20(17(21)22)15-8-10-18-11-9-15/h4-7,13,15,18H,8-12H2,1-3H3,(H,21,22). The largest absolute Gasteiger partial charge is 0.465 e. The summed E-state index contributed by atoms with van der Waals surface area (Å²) in [5, 5.41) is 12.9. The van der Waals surface area contributed by atoms with Crippen LogP contribution >= 0.6 is 0 Å². The summed E-state index contributed by atoms with van der Waals surface area (Å²) in [7, 11) is 2.05. The molecule has 22 heavy (non-hydrogen) atoms. The van der Waals surface area contributed by atoms with Gasteiger partial charge in [0.25, 0.3) is 0 Å². The SMILES string of the molecule is CC(C)N(C)c1ccccc1CN(C(=O)O)C1CCNCC1. The van der Waals surface area contributed by atoms with Gasteiger partial charge in [0.2, 0.25) is 0 Å². The van der Waals surface area contributed by atoms with Crippen LogP contribution in [0, 0.1) is 0 Å². The molecule has 1 aliphatic rings. The number of hydrogen-bond acceptors (Lipinski definition) is 3. The van der Waals surface area contributed by atoms with Crippen LogP contribution in [0.15, 0.2) is 24.3 Å². The van der Waals surface area contributed by atoms with Gasteiger partial charge in [0.1, 0.15) is 0 Å². The molecule has 0 radical (unpaired) electrons. The van der Waals surface area contributed by atoms with E-state index in [1.54, 1.807) is 4.90 Å². The van der Waals surface area contributed by atoms with Gasteiger partial charge in [-0.05, 0) is 51.4 Å². The third-order valence-corrected chi connectivity index (χ3v) is 4.48. The van der Waals surface area contributed by atoms with Crippen molar-refractivity contribution >= 4 is 11.8 Å². The lowest BCUT2D eigenvalue weighted by Crippen LogP contribution is -2.45. The third-order valence-electron chi connectivity index (χ3n) is 4.48. The Hall–Kier alpha value is -1.75. The van der Waals surface area contributed by atoms with E-state index in [4.69, 9.17) is 0 Å². The number of nitrogens with one attached hydrogen (secondary N) is 1. The van der Waals surface area contributed by atoms with Crippen LogP contribution in [0.1, 0.15) is 32.3 Å². The highest BCUT2D eigenvalue weighted by molar-refractivity contribution is 5.66. The molecule has 1 aromatic carbocycles. The fourth-order valence-electron chi connectivity index (χ4n) is 2.92. The van der Waals surface area contributed by atoms with E-state index in [-0.39, 0.29) is 6.04 Å². The van der Waals surface area contributed by atoms with Crippen molar-refractivity contribution in [3.05, 3.63) is 29.8 Å². The zero-order valence-electron chi connectivity index (χ0n) is 13.7. The van der Waals surface area contributed by atoms with Gasteiger partial charge in [0.15, 0.2) is 0 Å². The summed E-state index contributed by atoms with van der Waals surface area (Å²) in [5.74, 6) is 0. The Morgan fingerprint density at radius 1 is 1.32 bits per heavy atom. The number of carboxylic acid groups (broad SMARTS) is 1. The maximum Gasteiger partial charge on any atom is 0.407 e. The Morgan fingerprint density at radius 3 is 2.55 bits per heavy atom. The Morgan fingerprint density at radius 2 is 1.95 bits per heavy atom. The molecule has 2 N–H and O–H groups in total. The molecule has 0 bridgehead atoms. The van der Waals surface area contributed by atoms with Crippen LogP contribution in [0.5, 0.6) is 0 Å². The second-order valence-electron chi connectivity index (χ2n) is 6.23. The molecule has 1 aliphatic heterocycles. The molecule has 1 aromatic rings. The first-order valence-electron chi connectivity index (χ1n) is 8.01. The first-order valence-corrected chi connectivity index (χ1v) is 8.01. The number of para-hydroxylation sites is 1. The van der Waals surface area contributed by atoms with Crippen molar-refractivity contribution in [3.8, 4) is 0 Å². The topological polar surface area (TPSA) is 55.8 Å². The molecule has 0 atom stereocenters. The molecule has 0 aliphatic carbocycles. The highest BCUT2D eigenvalue weighted by atomic mass is 16.4. The average Bonchev–Trinajstić information content (AvgIpc) is 2.52. The summed E-state index contributed by atoms with van der Waals surface area (Å²) >= 11 is 0. The van der Waals surface area contributed by atoms with Crippen molar-refractivity contribution in [2.45, 2.75) is 45.3 Å². The number of carbonyl (C=O) groups is 1. The van der Waals surface area contributed by atoms with Gasteiger partial charge >= 0.3 is 6.09 Å². The zero-order valence-corrected chi connectivity index (χ0v) is 13.7. The van der Waals surface area contributed by atoms with E-state index < -0.39 is 6.09 Å². The first-order chi connectivity index (χ1) is 10.5. The maximum atomic E-state index is 11.7. The van der Waals surface area contributed by atoms with Crippen molar-refractivity contribution in [2.75, 3.05) is 25.0 Å². The third kappa shape index (κ3) is 3.91. The highest BCUT2D eigenvalue weighted by Gasteiger charge is 2.26. The van der Waals surface area contributed by atoms with Crippen LogP contribution in [-0.4, -0.2) is 48.3 Å². The summed E-state index contributed by atoms with van der Waals surface area (Å²) in [6.45, 7) is 6.51. The smallest absolute Gasteiger partial charge is 0.407 e. The lowest BCUT2D eigenvalue weighted by atomic mass is 10.0. The molecular weight excluding hydrogens is 278 g/mol. The average molecular weight is 305 g/mol. The van der Waals surface area contributed by atoms with Gasteiger partial charge in [-0.15, -0.1) is 0 Å². The predicted octanol–water partition coefficient (Wildman–Crippen LogP) is 2.76. The number of benzene rings is 1. The number of nitrogens with zero attached hydrogens (tertiary/aromatic N) is 2. The predicted molar refractivity (Wildman–Crippen MR) is 89.4 cm³/mol. The van der Waals surface area contributed by atoms with Crippen molar-refractivity contribution in [2.24, 2.45) is 0 Å². The van der Waals surface area contributed by atoms with Crippen LogP contribution in [0.2, 0.25) is 0 Å². The summed E-state index contributed by atoms with van der Waals surface area (Å²) in [4.78, 5) is 15.5. The minimum atomic E-state index is -0.825. The molecule has 122 valence electrons. The summed E-state index contributed by atoms with van der Waals surface area (Å²) in [6, 6.07) is 8.57.